The zero-order chi connectivity index (χ0) is 18.3. The summed E-state index contributed by atoms with van der Waals surface area (Å²) in [7, 11) is -1.69. The molecule has 1 unspecified atom stereocenters. The Hall–Kier alpha value is -1.25. The first-order chi connectivity index (χ1) is 11.9. The van der Waals surface area contributed by atoms with E-state index < -0.39 is 10.0 Å². The van der Waals surface area contributed by atoms with Gasteiger partial charge in [-0.2, -0.15) is 11.8 Å². The van der Waals surface area contributed by atoms with Gasteiger partial charge in [0.15, 0.2) is 5.96 Å². The molecule has 1 fully saturated rings. The Balaban J connectivity index is 1.82. The molecule has 1 aliphatic rings. The van der Waals surface area contributed by atoms with E-state index in [2.05, 4.69) is 33.8 Å². The third-order valence-corrected chi connectivity index (χ3v) is 7.12. The van der Waals surface area contributed by atoms with Gasteiger partial charge in [0, 0.05) is 44.2 Å². The van der Waals surface area contributed by atoms with Crippen molar-refractivity contribution in [3.8, 4) is 0 Å². The molecular weight excluding hydrogens is 356 g/mol. The summed E-state index contributed by atoms with van der Waals surface area (Å²) in [5.41, 5.74) is 0. The summed E-state index contributed by atoms with van der Waals surface area (Å²) >= 11 is 2.02. The molecule has 0 spiro atoms. The van der Waals surface area contributed by atoms with Crippen LogP contribution in [0.1, 0.15) is 13.8 Å². The van der Waals surface area contributed by atoms with E-state index >= 15 is 0 Å². The summed E-state index contributed by atoms with van der Waals surface area (Å²) in [6.45, 7) is 7.23. The van der Waals surface area contributed by atoms with Crippen LogP contribution in [0.25, 0.3) is 0 Å². The van der Waals surface area contributed by atoms with E-state index in [4.69, 9.17) is 0 Å². The summed E-state index contributed by atoms with van der Waals surface area (Å²) in [6, 6.07) is 8.41. The van der Waals surface area contributed by atoms with Gasteiger partial charge in [-0.15, -0.1) is 0 Å². The average molecular weight is 385 g/mol. The van der Waals surface area contributed by atoms with Crippen LogP contribution >= 0.6 is 11.8 Å². The van der Waals surface area contributed by atoms with Crippen molar-refractivity contribution in [2.45, 2.75) is 24.0 Å². The second-order valence-electron chi connectivity index (χ2n) is 6.28. The topological polar surface area (TPSA) is 73.8 Å². The Morgan fingerprint density at radius 1 is 1.32 bits per heavy atom. The summed E-state index contributed by atoms with van der Waals surface area (Å²) in [6.07, 6.45) is 0. The van der Waals surface area contributed by atoms with Gasteiger partial charge in [-0.25, -0.2) is 13.1 Å². The minimum absolute atomic E-state index is 0.284. The lowest BCUT2D eigenvalue weighted by atomic mass is 10.1. The number of aliphatic imine (C=N–C) groups is 1. The first kappa shape index (κ1) is 20.1. The van der Waals surface area contributed by atoms with Crippen LogP contribution in [0.4, 0.5) is 0 Å². The van der Waals surface area contributed by atoms with Crippen molar-refractivity contribution in [1.82, 2.24) is 14.9 Å². The quantitative estimate of drug-likeness (QED) is 0.443. The molecule has 140 valence electrons. The molecule has 2 rings (SSSR count). The van der Waals surface area contributed by atoms with Crippen molar-refractivity contribution < 1.29 is 8.42 Å². The predicted octanol–water partition coefficient (Wildman–Crippen LogP) is 1.61. The van der Waals surface area contributed by atoms with E-state index in [1.165, 1.54) is 0 Å². The maximum Gasteiger partial charge on any atom is 0.240 e. The average Bonchev–Trinajstić information content (AvgIpc) is 2.62. The minimum atomic E-state index is -3.46. The molecule has 0 bridgehead atoms. The van der Waals surface area contributed by atoms with Crippen molar-refractivity contribution in [3.05, 3.63) is 30.3 Å². The van der Waals surface area contributed by atoms with Crippen molar-refractivity contribution in [1.29, 1.82) is 0 Å². The SMILES string of the molecule is CN=C(NCCNS(=O)(=O)c1ccccc1)N1CCSC(C(C)C)C1. The fourth-order valence-corrected chi connectivity index (χ4v) is 5.00. The first-order valence-corrected chi connectivity index (χ1v) is 11.1. The van der Waals surface area contributed by atoms with Crippen LogP contribution in [0, 0.1) is 5.92 Å². The summed E-state index contributed by atoms with van der Waals surface area (Å²) in [5, 5.41) is 3.86. The van der Waals surface area contributed by atoms with Gasteiger partial charge in [0.25, 0.3) is 0 Å². The molecule has 6 nitrogen and oxygen atoms in total. The zero-order valence-electron chi connectivity index (χ0n) is 15.1. The molecular formula is C17H28N4O2S2. The zero-order valence-corrected chi connectivity index (χ0v) is 16.7. The molecule has 1 aromatic carbocycles. The molecule has 8 heteroatoms. The first-order valence-electron chi connectivity index (χ1n) is 8.56. The van der Waals surface area contributed by atoms with Crippen molar-refractivity contribution in [2.75, 3.05) is 39.0 Å². The van der Waals surface area contributed by atoms with Gasteiger partial charge in [-0.3, -0.25) is 4.99 Å². The Bertz CT molecular complexity index is 662. The second-order valence-corrected chi connectivity index (χ2v) is 9.40. The third-order valence-electron chi connectivity index (χ3n) is 4.10. The smallest absolute Gasteiger partial charge is 0.240 e. The maximum absolute atomic E-state index is 12.2. The van der Waals surface area contributed by atoms with Gasteiger partial charge >= 0.3 is 0 Å². The number of sulfonamides is 1. The number of nitrogens with one attached hydrogen (secondary N) is 2. The van der Waals surface area contributed by atoms with Gasteiger partial charge in [0.05, 0.1) is 4.90 Å². The summed E-state index contributed by atoms with van der Waals surface area (Å²) in [4.78, 5) is 6.88. The molecule has 2 N–H and O–H groups in total. The van der Waals surface area contributed by atoms with Crippen LogP contribution in [0.2, 0.25) is 0 Å². The van der Waals surface area contributed by atoms with E-state index in [0.717, 1.165) is 24.8 Å². The molecule has 0 radical (unpaired) electrons. The van der Waals surface area contributed by atoms with Gasteiger partial charge in [0.1, 0.15) is 0 Å². The van der Waals surface area contributed by atoms with Gasteiger partial charge in [0.2, 0.25) is 10.0 Å². The number of nitrogens with zero attached hydrogens (tertiary/aromatic N) is 2. The van der Waals surface area contributed by atoms with E-state index in [0.29, 0.717) is 24.3 Å². The lowest BCUT2D eigenvalue weighted by Crippen LogP contribution is -2.50. The molecule has 25 heavy (non-hydrogen) atoms. The Kier molecular flexibility index (Phi) is 7.58. The normalized spacial score (nSPS) is 19.3. The summed E-state index contributed by atoms with van der Waals surface area (Å²) < 4.78 is 27.0. The van der Waals surface area contributed by atoms with Gasteiger partial charge < -0.3 is 10.2 Å². The standard InChI is InChI=1S/C17H28N4O2S2/c1-14(2)16-13-21(11-12-24-16)17(18-3)19-9-10-20-25(22,23)15-7-5-4-6-8-15/h4-8,14,16,20H,9-13H2,1-3H3,(H,18,19). The monoisotopic (exact) mass is 384 g/mol. The van der Waals surface area contributed by atoms with Crippen LogP contribution in [0.3, 0.4) is 0 Å². The number of hydrogen-bond donors (Lipinski definition) is 2. The molecule has 0 aromatic heterocycles. The van der Waals surface area contributed by atoms with Gasteiger partial charge in [-0.1, -0.05) is 32.0 Å². The van der Waals surface area contributed by atoms with Crippen LogP contribution < -0.4 is 10.0 Å². The van der Waals surface area contributed by atoms with Gasteiger partial charge in [-0.05, 0) is 18.1 Å². The van der Waals surface area contributed by atoms with Crippen molar-refractivity contribution in [3.63, 3.8) is 0 Å². The number of guanidine groups is 1. The highest BCUT2D eigenvalue weighted by Gasteiger charge is 2.24. The molecule has 0 saturated carbocycles. The fourth-order valence-electron chi connectivity index (χ4n) is 2.65. The number of hydrogen-bond acceptors (Lipinski definition) is 4. The largest absolute Gasteiger partial charge is 0.355 e. The highest BCUT2D eigenvalue weighted by molar-refractivity contribution is 8.00. The molecule has 1 aliphatic heterocycles. The van der Waals surface area contributed by atoms with Crippen LogP contribution in [-0.2, 0) is 10.0 Å². The van der Waals surface area contributed by atoms with Crippen LogP contribution in [0.15, 0.2) is 40.2 Å². The summed E-state index contributed by atoms with van der Waals surface area (Å²) in [5.74, 6) is 2.55. The molecule has 1 aromatic rings. The number of thioether (sulfide) groups is 1. The van der Waals surface area contributed by atoms with E-state index in [1.54, 1.807) is 37.4 Å². The molecule has 0 aliphatic carbocycles. The predicted molar refractivity (Wildman–Crippen MR) is 106 cm³/mol. The molecule has 1 saturated heterocycles. The molecule has 0 amide bonds. The lowest BCUT2D eigenvalue weighted by Gasteiger charge is -2.36. The highest BCUT2D eigenvalue weighted by Crippen LogP contribution is 2.24. The van der Waals surface area contributed by atoms with Crippen molar-refractivity contribution >= 4 is 27.7 Å². The van der Waals surface area contributed by atoms with Crippen molar-refractivity contribution in [2.24, 2.45) is 10.9 Å². The fraction of sp³-hybridized carbons (Fsp3) is 0.588. The highest BCUT2D eigenvalue weighted by atomic mass is 32.2. The number of benzene rings is 1. The Morgan fingerprint density at radius 3 is 2.68 bits per heavy atom. The lowest BCUT2D eigenvalue weighted by molar-refractivity contribution is 0.381. The van der Waals surface area contributed by atoms with E-state index in [9.17, 15) is 8.42 Å². The minimum Gasteiger partial charge on any atom is -0.355 e. The third kappa shape index (κ3) is 5.90. The Labute approximate surface area is 155 Å². The maximum atomic E-state index is 12.2. The second kappa shape index (κ2) is 9.45. The molecule has 1 heterocycles. The van der Waals surface area contributed by atoms with E-state index in [-0.39, 0.29) is 4.90 Å². The Morgan fingerprint density at radius 2 is 2.04 bits per heavy atom. The van der Waals surface area contributed by atoms with Crippen LogP contribution in [-0.4, -0.2) is 63.5 Å². The van der Waals surface area contributed by atoms with E-state index in [1.807, 2.05) is 11.8 Å². The molecule has 1 atom stereocenters. The van der Waals surface area contributed by atoms with Crippen LogP contribution in [0.5, 0.6) is 0 Å². The number of rotatable bonds is 6.